The zero-order chi connectivity index (χ0) is 15.1. The van der Waals surface area contributed by atoms with Crippen molar-refractivity contribution >= 4 is 17.3 Å². The quantitative estimate of drug-likeness (QED) is 0.501. The van der Waals surface area contributed by atoms with E-state index >= 15 is 0 Å². The van der Waals surface area contributed by atoms with Crippen molar-refractivity contribution in [2.45, 2.75) is 18.4 Å². The predicted octanol–water partition coefficient (Wildman–Crippen LogP) is 0.807. The molecule has 7 nitrogen and oxygen atoms in total. The molecule has 3 rings (SSSR count). The summed E-state index contributed by atoms with van der Waals surface area (Å²) >= 11 is 0. The largest absolute Gasteiger partial charge is 0.548 e. The number of methoxy groups -OCH3 is 1. The van der Waals surface area contributed by atoms with Gasteiger partial charge in [-0.15, -0.1) is 0 Å². The van der Waals surface area contributed by atoms with Gasteiger partial charge in [0.25, 0.3) is 5.69 Å². The summed E-state index contributed by atoms with van der Waals surface area (Å²) in [6.45, 7) is 0. The summed E-state index contributed by atoms with van der Waals surface area (Å²) in [7, 11) is 1.44. The number of nitro groups is 1. The minimum absolute atomic E-state index is 0.182. The van der Waals surface area contributed by atoms with Crippen LogP contribution in [0.25, 0.3) is 0 Å². The normalized spacial score (nSPS) is 25.7. The molecule has 0 unspecified atom stereocenters. The molecule has 1 N–H and O–H groups in total. The van der Waals surface area contributed by atoms with Gasteiger partial charge in [0.1, 0.15) is 11.4 Å². The van der Waals surface area contributed by atoms with Gasteiger partial charge in [0.2, 0.25) is 0 Å². The number of carboxylic acids is 1. The SMILES string of the molecule is COc1cc2c(c([N+](=O)[O-])c1)N[C@H](C(=O)[O-])[C@@H]1CC=C[C@H]21. The number of nitro benzene ring substituents is 1. The van der Waals surface area contributed by atoms with Crippen molar-refractivity contribution in [3.05, 3.63) is 40.0 Å². The molecule has 1 aliphatic carbocycles. The Kier molecular flexibility index (Phi) is 3.04. The summed E-state index contributed by atoms with van der Waals surface area (Å²) in [6, 6.07) is 2.07. The molecule has 110 valence electrons. The lowest BCUT2D eigenvalue weighted by molar-refractivity contribution is -0.384. The van der Waals surface area contributed by atoms with Crippen molar-refractivity contribution in [1.29, 1.82) is 0 Å². The zero-order valence-corrected chi connectivity index (χ0v) is 11.2. The lowest BCUT2D eigenvalue weighted by Crippen LogP contribution is -2.49. The fraction of sp³-hybridized carbons (Fsp3) is 0.357. The van der Waals surface area contributed by atoms with E-state index in [-0.39, 0.29) is 23.2 Å². The van der Waals surface area contributed by atoms with Crippen LogP contribution in [-0.2, 0) is 4.79 Å². The summed E-state index contributed by atoms with van der Waals surface area (Å²) in [5, 5.41) is 25.3. The van der Waals surface area contributed by atoms with E-state index in [9.17, 15) is 20.0 Å². The van der Waals surface area contributed by atoms with Crippen molar-refractivity contribution in [1.82, 2.24) is 0 Å². The molecule has 0 amide bonds. The molecule has 0 saturated heterocycles. The first-order valence-electron chi connectivity index (χ1n) is 6.53. The summed E-state index contributed by atoms with van der Waals surface area (Å²) < 4.78 is 5.11. The third-order valence-electron chi connectivity index (χ3n) is 4.11. The molecule has 0 saturated carbocycles. The molecule has 1 aromatic carbocycles. The van der Waals surface area contributed by atoms with Crippen molar-refractivity contribution < 1.29 is 19.6 Å². The number of nitrogens with zero attached hydrogens (tertiary/aromatic N) is 1. The number of fused-ring (bicyclic) bond motifs is 3. The predicted molar refractivity (Wildman–Crippen MR) is 72.1 cm³/mol. The van der Waals surface area contributed by atoms with Crippen LogP contribution >= 0.6 is 0 Å². The summed E-state index contributed by atoms with van der Waals surface area (Å²) in [4.78, 5) is 22.0. The molecule has 0 bridgehead atoms. The van der Waals surface area contributed by atoms with Crippen molar-refractivity contribution in [3.63, 3.8) is 0 Å². The van der Waals surface area contributed by atoms with Crippen molar-refractivity contribution in [2.75, 3.05) is 12.4 Å². The maximum Gasteiger partial charge on any atom is 0.296 e. The van der Waals surface area contributed by atoms with Crippen LogP contribution < -0.4 is 15.2 Å². The first kappa shape index (κ1) is 13.4. The molecule has 0 aromatic heterocycles. The van der Waals surface area contributed by atoms with Crippen LogP contribution in [0.3, 0.4) is 0 Å². The van der Waals surface area contributed by atoms with Gasteiger partial charge in [0.15, 0.2) is 0 Å². The van der Waals surface area contributed by atoms with Gasteiger partial charge < -0.3 is 20.0 Å². The Morgan fingerprint density at radius 3 is 2.86 bits per heavy atom. The molecule has 1 aromatic rings. The van der Waals surface area contributed by atoms with Crippen LogP contribution in [-0.4, -0.2) is 24.0 Å². The summed E-state index contributed by atoms with van der Waals surface area (Å²) in [5.74, 6) is -1.25. The number of aliphatic carboxylic acids is 1. The third kappa shape index (κ3) is 2.01. The molecule has 1 heterocycles. The van der Waals surface area contributed by atoms with E-state index in [1.807, 2.05) is 12.2 Å². The van der Waals surface area contributed by atoms with Crippen LogP contribution in [0.4, 0.5) is 11.4 Å². The molecule has 0 spiro atoms. The molecule has 0 radical (unpaired) electrons. The van der Waals surface area contributed by atoms with Crippen molar-refractivity contribution in [3.8, 4) is 5.75 Å². The number of carboxylic acid groups (broad SMARTS) is 1. The first-order chi connectivity index (χ1) is 10.0. The van der Waals surface area contributed by atoms with E-state index in [1.54, 1.807) is 6.07 Å². The molecule has 2 aliphatic rings. The van der Waals surface area contributed by atoms with E-state index < -0.39 is 16.9 Å². The Morgan fingerprint density at radius 2 is 2.24 bits per heavy atom. The number of hydrogen-bond donors (Lipinski definition) is 1. The highest BCUT2D eigenvalue weighted by atomic mass is 16.6. The Hall–Kier alpha value is -2.57. The number of anilines is 1. The van der Waals surface area contributed by atoms with E-state index in [0.29, 0.717) is 17.7 Å². The summed E-state index contributed by atoms with van der Waals surface area (Å²) in [6.07, 6.45) is 4.39. The number of ether oxygens (including phenoxy) is 1. The van der Waals surface area contributed by atoms with Gasteiger partial charge >= 0.3 is 0 Å². The second-order valence-electron chi connectivity index (χ2n) is 5.16. The molecule has 0 fully saturated rings. The second kappa shape index (κ2) is 4.76. The highest BCUT2D eigenvalue weighted by molar-refractivity contribution is 5.82. The fourth-order valence-corrected chi connectivity index (χ4v) is 3.15. The van der Waals surface area contributed by atoms with Gasteiger partial charge in [-0.2, -0.15) is 0 Å². The number of benzene rings is 1. The average Bonchev–Trinajstić information content (AvgIpc) is 2.94. The van der Waals surface area contributed by atoms with Crippen molar-refractivity contribution in [2.24, 2.45) is 5.92 Å². The lowest BCUT2D eigenvalue weighted by Gasteiger charge is -2.37. The van der Waals surface area contributed by atoms with E-state index in [4.69, 9.17) is 4.74 Å². The number of hydrogen-bond acceptors (Lipinski definition) is 6. The minimum atomic E-state index is -1.25. The molecular formula is C14H13N2O5-. The first-order valence-corrected chi connectivity index (χ1v) is 6.53. The highest BCUT2D eigenvalue weighted by Crippen LogP contribution is 2.48. The molecule has 7 heteroatoms. The second-order valence-corrected chi connectivity index (χ2v) is 5.16. The van der Waals surface area contributed by atoms with Crippen LogP contribution in [0.5, 0.6) is 5.75 Å². The molecule has 1 aliphatic heterocycles. The maximum absolute atomic E-state index is 11.3. The molecule has 21 heavy (non-hydrogen) atoms. The molecular weight excluding hydrogens is 276 g/mol. The average molecular weight is 289 g/mol. The summed E-state index contributed by atoms with van der Waals surface area (Å²) in [5.41, 5.74) is 0.745. The van der Waals surface area contributed by atoms with E-state index in [1.165, 1.54) is 13.2 Å². The number of carbonyl (C=O) groups excluding carboxylic acids is 1. The van der Waals surface area contributed by atoms with E-state index in [2.05, 4.69) is 5.32 Å². The standard InChI is InChI=1S/C14H14N2O5/c1-21-7-5-10-8-3-2-4-9(8)13(14(17)18)15-12(10)11(6-7)16(19)20/h2-3,5-6,8-9,13,15H,4H2,1H3,(H,17,18)/p-1/t8-,9+,13-/m0/s1. The number of nitrogens with one attached hydrogen (secondary N) is 1. The number of allylic oxidation sites excluding steroid dienone is 2. The van der Waals surface area contributed by atoms with Gasteiger partial charge in [-0.1, -0.05) is 12.2 Å². The van der Waals surface area contributed by atoms with Crippen LogP contribution in [0.15, 0.2) is 24.3 Å². The highest BCUT2D eigenvalue weighted by Gasteiger charge is 2.40. The van der Waals surface area contributed by atoms with Gasteiger partial charge in [-0.3, -0.25) is 10.1 Å². The van der Waals surface area contributed by atoms with E-state index in [0.717, 1.165) is 0 Å². The maximum atomic E-state index is 11.3. The Bertz CT molecular complexity index is 655. The molecule has 3 atom stereocenters. The lowest BCUT2D eigenvalue weighted by atomic mass is 9.79. The van der Waals surface area contributed by atoms with Crippen LogP contribution in [0, 0.1) is 16.0 Å². The van der Waals surface area contributed by atoms with Gasteiger partial charge in [0.05, 0.1) is 30.1 Å². The monoisotopic (exact) mass is 289 g/mol. The smallest absolute Gasteiger partial charge is 0.296 e. The Labute approximate surface area is 120 Å². The number of carbonyl (C=O) groups is 1. The third-order valence-corrected chi connectivity index (χ3v) is 4.11. The minimum Gasteiger partial charge on any atom is -0.548 e. The Balaban J connectivity index is 2.19. The van der Waals surface area contributed by atoms with Gasteiger partial charge in [0, 0.05) is 5.92 Å². The van der Waals surface area contributed by atoms with Crippen LogP contribution in [0.2, 0.25) is 0 Å². The van der Waals surface area contributed by atoms with Gasteiger partial charge in [-0.05, 0) is 24.0 Å². The van der Waals surface area contributed by atoms with Gasteiger partial charge in [-0.25, -0.2) is 0 Å². The fourth-order valence-electron chi connectivity index (χ4n) is 3.15. The Morgan fingerprint density at radius 1 is 1.48 bits per heavy atom. The topological polar surface area (TPSA) is 105 Å². The van der Waals surface area contributed by atoms with Crippen LogP contribution in [0.1, 0.15) is 17.9 Å². The zero-order valence-electron chi connectivity index (χ0n) is 11.2. The number of rotatable bonds is 3.